The number of pyridine rings is 1. The van der Waals surface area contributed by atoms with Crippen molar-refractivity contribution < 1.29 is 17.2 Å². The Hall–Kier alpha value is -3.60. The number of aryl methyl sites for hydroxylation is 2. The van der Waals surface area contributed by atoms with E-state index in [1.807, 2.05) is 18.2 Å². The predicted molar refractivity (Wildman–Crippen MR) is 141 cm³/mol. The van der Waals surface area contributed by atoms with Crippen LogP contribution in [-0.2, 0) is 21.7 Å². The highest BCUT2D eigenvalue weighted by molar-refractivity contribution is 7.90. The summed E-state index contributed by atoms with van der Waals surface area (Å²) in [7, 11) is -3.13. The molecule has 202 valence electrons. The number of aromatic nitrogens is 6. The van der Waals surface area contributed by atoms with Gasteiger partial charge in [-0.3, -0.25) is 0 Å². The maximum atomic E-state index is 14.9. The third kappa shape index (κ3) is 3.89. The lowest BCUT2D eigenvalue weighted by Gasteiger charge is -2.37. The molecule has 0 unspecified atom stereocenters. The Kier molecular flexibility index (Phi) is 5.73. The van der Waals surface area contributed by atoms with E-state index in [2.05, 4.69) is 34.1 Å². The van der Waals surface area contributed by atoms with Gasteiger partial charge < -0.3 is 0 Å². The fraction of sp³-hybridized carbons (Fsp3) is 0.393. The van der Waals surface area contributed by atoms with Gasteiger partial charge in [-0.2, -0.15) is 5.10 Å². The number of hydrogen-bond acceptors (Lipinski definition) is 7. The zero-order chi connectivity index (χ0) is 27.7. The van der Waals surface area contributed by atoms with Gasteiger partial charge in [0.2, 0.25) is 0 Å². The van der Waals surface area contributed by atoms with Crippen LogP contribution in [0.1, 0.15) is 60.9 Å². The summed E-state index contributed by atoms with van der Waals surface area (Å²) in [6.45, 7) is 5.97. The van der Waals surface area contributed by atoms with Crippen LogP contribution in [0.2, 0.25) is 0 Å². The molecule has 2 bridgehead atoms. The molecule has 0 amide bonds. The van der Waals surface area contributed by atoms with Crippen molar-refractivity contribution in [2.24, 2.45) is 5.41 Å². The van der Waals surface area contributed by atoms with Crippen LogP contribution in [0.15, 0.2) is 42.7 Å². The largest absolute Gasteiger partial charge is 0.233 e. The van der Waals surface area contributed by atoms with E-state index in [-0.39, 0.29) is 34.8 Å². The first-order chi connectivity index (χ1) is 18.4. The second-order valence-electron chi connectivity index (χ2n) is 11.2. The molecule has 3 heterocycles. The first-order valence-corrected chi connectivity index (χ1v) is 14.9. The summed E-state index contributed by atoms with van der Waals surface area (Å²) in [5.74, 6) is -0.218. The number of rotatable bonds is 6. The molecular weight excluding hydrogens is 522 g/mol. The van der Waals surface area contributed by atoms with Crippen LogP contribution in [0.5, 0.6) is 0 Å². The fourth-order valence-corrected chi connectivity index (χ4v) is 7.05. The van der Waals surface area contributed by atoms with Gasteiger partial charge in [-0.05, 0) is 66.5 Å². The maximum absolute atomic E-state index is 14.9. The predicted octanol–water partition coefficient (Wildman–Crippen LogP) is 4.50. The molecule has 4 aromatic rings. The number of hydrogen-bond donors (Lipinski definition) is 0. The Morgan fingerprint density at radius 3 is 2.69 bits per heavy atom. The molecule has 8 nitrogen and oxygen atoms in total. The van der Waals surface area contributed by atoms with Crippen LogP contribution < -0.4 is 0 Å². The van der Waals surface area contributed by atoms with E-state index < -0.39 is 26.9 Å². The van der Waals surface area contributed by atoms with Crippen LogP contribution in [0, 0.1) is 24.0 Å². The minimum atomic E-state index is -3.13. The summed E-state index contributed by atoms with van der Waals surface area (Å²) >= 11 is 0. The summed E-state index contributed by atoms with van der Waals surface area (Å²) < 4.78 is 54.2. The van der Waals surface area contributed by atoms with Crippen LogP contribution in [0.3, 0.4) is 0 Å². The Morgan fingerprint density at radius 1 is 1.13 bits per heavy atom. The quantitative estimate of drug-likeness (QED) is 0.348. The van der Waals surface area contributed by atoms with Gasteiger partial charge in [0.15, 0.2) is 11.6 Å². The minimum absolute atomic E-state index is 0.0308. The monoisotopic (exact) mass is 550 g/mol. The molecule has 39 heavy (non-hydrogen) atoms. The van der Waals surface area contributed by atoms with Crippen molar-refractivity contribution in [3.63, 3.8) is 0 Å². The number of sulfone groups is 1. The molecule has 1 saturated carbocycles. The Morgan fingerprint density at radius 2 is 1.92 bits per heavy atom. The van der Waals surface area contributed by atoms with Gasteiger partial charge >= 0.3 is 0 Å². The van der Waals surface area contributed by atoms with Gasteiger partial charge in [0.25, 0.3) is 0 Å². The number of halogens is 2. The maximum Gasteiger partial charge on any atom is 0.155 e. The van der Waals surface area contributed by atoms with Crippen LogP contribution in [0.25, 0.3) is 17.1 Å². The SMILES string of the molecule is Cc1ccc(F)c(-c2cc3c(nn2)[C@]2(c4cccc(-n5cnc(CCS(C)(=O)=O)n5)n4)CC[C@@H]3C2(C)C)c1F. The molecule has 2 atom stereocenters. The van der Waals surface area contributed by atoms with Gasteiger partial charge in [0.1, 0.15) is 27.8 Å². The summed E-state index contributed by atoms with van der Waals surface area (Å²) in [6, 6.07) is 10.2. The Labute approximate surface area is 225 Å². The average Bonchev–Trinajstić information content (AvgIpc) is 3.53. The second kappa shape index (κ2) is 8.70. The third-order valence-corrected chi connectivity index (χ3v) is 9.51. The van der Waals surface area contributed by atoms with Crippen LogP contribution >= 0.6 is 0 Å². The van der Waals surface area contributed by atoms with Crippen molar-refractivity contribution in [2.75, 3.05) is 12.0 Å². The lowest BCUT2D eigenvalue weighted by atomic mass is 9.66. The Balaban J connectivity index is 1.42. The summed E-state index contributed by atoms with van der Waals surface area (Å²) in [5.41, 5.74) is 2.12. The first-order valence-electron chi connectivity index (χ1n) is 12.8. The zero-order valence-electron chi connectivity index (χ0n) is 22.1. The molecule has 2 aliphatic rings. The molecule has 2 aliphatic carbocycles. The van der Waals surface area contributed by atoms with Crippen molar-refractivity contribution in [1.29, 1.82) is 0 Å². The molecule has 3 aromatic heterocycles. The summed E-state index contributed by atoms with van der Waals surface area (Å²) in [4.78, 5) is 9.24. The molecule has 0 saturated heterocycles. The normalized spacial score (nSPS) is 21.3. The van der Waals surface area contributed by atoms with Crippen molar-refractivity contribution in [3.8, 4) is 17.1 Å². The number of nitrogens with zero attached hydrogens (tertiary/aromatic N) is 6. The second-order valence-corrected chi connectivity index (χ2v) is 13.4. The smallest absolute Gasteiger partial charge is 0.155 e. The van der Waals surface area contributed by atoms with Gasteiger partial charge in [-0.1, -0.05) is 26.0 Å². The number of benzene rings is 1. The first kappa shape index (κ1) is 25.7. The van der Waals surface area contributed by atoms with Crippen LogP contribution in [0.4, 0.5) is 8.78 Å². The van der Waals surface area contributed by atoms with E-state index in [1.54, 1.807) is 17.7 Å². The summed E-state index contributed by atoms with van der Waals surface area (Å²) in [6.07, 6.45) is 4.63. The molecule has 0 N–H and O–H groups in total. The van der Waals surface area contributed by atoms with E-state index in [1.165, 1.54) is 24.7 Å². The van der Waals surface area contributed by atoms with E-state index in [9.17, 15) is 17.2 Å². The van der Waals surface area contributed by atoms with Crippen molar-refractivity contribution in [2.45, 2.75) is 51.4 Å². The third-order valence-electron chi connectivity index (χ3n) is 8.56. The van der Waals surface area contributed by atoms with Crippen molar-refractivity contribution >= 4 is 9.84 Å². The molecule has 0 spiro atoms. The van der Waals surface area contributed by atoms with Crippen LogP contribution in [-0.4, -0.2) is 50.4 Å². The highest BCUT2D eigenvalue weighted by atomic mass is 32.2. The minimum Gasteiger partial charge on any atom is -0.233 e. The zero-order valence-corrected chi connectivity index (χ0v) is 22.9. The van der Waals surface area contributed by atoms with Crippen molar-refractivity contribution in [3.05, 3.63) is 82.7 Å². The molecule has 6 rings (SSSR count). The standard InChI is InChI=1S/C28H28F2N6O2S/c1-16-8-9-19(29)24(25(16)30)20-14-17-18-10-12-28(27(18,2)3,26(17)34-33-20)21-6-5-7-23(32-21)36-15-31-22(35-36)11-13-39(4,37)38/h5-9,14-15,18H,10-13H2,1-4H3/t18-,28+/m0/s1. The fourth-order valence-electron chi connectivity index (χ4n) is 6.49. The van der Waals surface area contributed by atoms with E-state index in [4.69, 9.17) is 4.98 Å². The molecule has 1 aromatic carbocycles. The lowest BCUT2D eigenvalue weighted by Crippen LogP contribution is -2.38. The highest BCUT2D eigenvalue weighted by Gasteiger charge is 2.65. The highest BCUT2D eigenvalue weighted by Crippen LogP contribution is 2.69. The lowest BCUT2D eigenvalue weighted by molar-refractivity contribution is 0.242. The van der Waals surface area contributed by atoms with Gasteiger partial charge in [0, 0.05) is 12.7 Å². The molecular formula is C28H28F2N6O2S. The van der Waals surface area contributed by atoms with Crippen molar-refractivity contribution in [1.82, 2.24) is 29.9 Å². The Bertz CT molecular complexity index is 1740. The topological polar surface area (TPSA) is 104 Å². The molecule has 11 heteroatoms. The molecule has 0 aliphatic heterocycles. The summed E-state index contributed by atoms with van der Waals surface area (Å²) in [5, 5.41) is 13.4. The van der Waals surface area contributed by atoms with Gasteiger partial charge in [-0.15, -0.1) is 10.2 Å². The van der Waals surface area contributed by atoms with Gasteiger partial charge in [-0.25, -0.2) is 31.8 Å². The van der Waals surface area contributed by atoms with E-state index in [0.717, 1.165) is 29.8 Å². The molecule has 0 radical (unpaired) electrons. The van der Waals surface area contributed by atoms with Gasteiger partial charge in [0.05, 0.1) is 33.8 Å². The molecule has 1 fully saturated rings. The average molecular weight is 551 g/mol. The van der Waals surface area contributed by atoms with E-state index in [0.29, 0.717) is 17.2 Å². The van der Waals surface area contributed by atoms with E-state index >= 15 is 0 Å². The number of fused-ring (bicyclic) bond motifs is 5.